The van der Waals surface area contributed by atoms with Crippen molar-refractivity contribution in [2.75, 3.05) is 19.1 Å². The van der Waals surface area contributed by atoms with E-state index in [0.717, 1.165) is 35.8 Å². The number of hydrogen-bond acceptors (Lipinski definition) is 13. The van der Waals surface area contributed by atoms with Gasteiger partial charge in [0.25, 0.3) is 0 Å². The topological polar surface area (TPSA) is 220 Å². The van der Waals surface area contributed by atoms with Crippen molar-refractivity contribution in [2.24, 2.45) is 5.92 Å². The van der Waals surface area contributed by atoms with E-state index in [1.807, 2.05) is 13.8 Å². The van der Waals surface area contributed by atoms with E-state index < -0.39 is 37.8 Å². The monoisotopic (exact) mass is 714 g/mol. The number of sulfone groups is 2. The van der Waals surface area contributed by atoms with Crippen LogP contribution in [0.25, 0.3) is 35.2 Å². The Morgan fingerprint density at radius 3 is 1.63 bits per heavy atom. The molecule has 4 rings (SSSR count). The highest BCUT2D eigenvalue weighted by Crippen LogP contribution is 2.23. The number of hydrogen-bond donors (Lipinski definition) is 1. The van der Waals surface area contributed by atoms with Gasteiger partial charge in [0.15, 0.2) is 31.3 Å². The largest absolute Gasteiger partial charge is 0.516 e. The average Bonchev–Trinajstić information content (AvgIpc) is 3.67. The first-order chi connectivity index (χ1) is 22.8. The molecular formula is C31H34N6O10S2. The highest BCUT2D eigenvalue weighted by atomic mass is 32.2. The van der Waals surface area contributed by atoms with Crippen LogP contribution in [0.2, 0.25) is 0 Å². The summed E-state index contributed by atoms with van der Waals surface area (Å²) in [5, 5.41) is 16.8. The summed E-state index contributed by atoms with van der Waals surface area (Å²) in [7, 11) is -6.70. The second-order valence-corrected chi connectivity index (χ2v) is 15.1. The summed E-state index contributed by atoms with van der Waals surface area (Å²) >= 11 is 0. The van der Waals surface area contributed by atoms with Crippen LogP contribution in [-0.2, 0) is 38.7 Å². The minimum atomic E-state index is -3.37. The minimum absolute atomic E-state index is 0.122. The quantitative estimate of drug-likeness (QED) is 0.141. The molecule has 0 spiro atoms. The molecule has 16 nitrogen and oxygen atoms in total. The molecule has 0 radical (unpaired) electrons. The van der Waals surface area contributed by atoms with Gasteiger partial charge < -0.3 is 14.6 Å². The van der Waals surface area contributed by atoms with E-state index in [4.69, 9.17) is 9.84 Å². The Bertz CT molecular complexity index is 2130. The number of aliphatic carboxylic acids is 1. The van der Waals surface area contributed by atoms with E-state index in [-0.39, 0.29) is 28.1 Å². The number of esters is 1. The third kappa shape index (κ3) is 12.2. The first-order valence-electron chi connectivity index (χ1n) is 14.2. The molecule has 0 bridgehead atoms. The molecule has 18 heteroatoms. The van der Waals surface area contributed by atoms with Gasteiger partial charge in [0, 0.05) is 48.2 Å². The summed E-state index contributed by atoms with van der Waals surface area (Å²) in [6.45, 7) is 7.39. The number of carbonyl (C=O) groups excluding carboxylic acids is 2. The summed E-state index contributed by atoms with van der Waals surface area (Å²) in [5.41, 5.74) is 2.59. The number of rotatable bonds is 10. The number of carboxylic acid groups (broad SMARTS) is 1. The number of carboxylic acids is 1. The molecule has 0 aliphatic carbocycles. The van der Waals surface area contributed by atoms with Crippen molar-refractivity contribution in [3.8, 4) is 22.8 Å². The van der Waals surface area contributed by atoms with E-state index in [2.05, 4.69) is 24.9 Å². The summed E-state index contributed by atoms with van der Waals surface area (Å²) in [6, 6.07) is 9.60. The lowest BCUT2D eigenvalue weighted by molar-refractivity contribution is -0.134. The van der Waals surface area contributed by atoms with Crippen molar-refractivity contribution >= 4 is 50.2 Å². The van der Waals surface area contributed by atoms with Crippen LogP contribution in [0.3, 0.4) is 0 Å². The molecule has 2 heterocycles. The number of ether oxygens (including phenoxy) is 2. The standard InChI is InChI=1S/C18H21N3O6S.C13H13N3O4S/c1-12(2)10-26-18(23)27-16(22)5-6-21-11-19-17(20-21)14-7-13(3)8-15(9-14)28(4,24)25;1-9-5-10(7-11(6-9)21(2,19)20)13-14-8-16(15-13)4-3-12(17)18/h5-9,11-12H,10H2,1-4H3;3-8H,1-2H3,(H,17,18)/b6-5-;4-3-. The van der Waals surface area contributed by atoms with Crippen LogP contribution in [0.15, 0.2) is 71.0 Å². The number of carbonyl (C=O) groups is 3. The number of benzene rings is 2. The third-order valence-electron chi connectivity index (χ3n) is 5.94. The van der Waals surface area contributed by atoms with Crippen LogP contribution < -0.4 is 0 Å². The maximum absolute atomic E-state index is 11.8. The normalized spacial score (nSPS) is 11.8. The van der Waals surface area contributed by atoms with Gasteiger partial charge in [-0.3, -0.25) is 0 Å². The van der Waals surface area contributed by atoms with E-state index in [9.17, 15) is 31.2 Å². The lowest BCUT2D eigenvalue weighted by Gasteiger charge is -2.05. The number of aryl methyl sites for hydroxylation is 2. The zero-order chi connectivity index (χ0) is 36.5. The Balaban J connectivity index is 0.000000276. The van der Waals surface area contributed by atoms with E-state index >= 15 is 0 Å². The molecule has 260 valence electrons. The highest BCUT2D eigenvalue weighted by Gasteiger charge is 2.14. The van der Waals surface area contributed by atoms with Crippen LogP contribution in [0.1, 0.15) is 25.0 Å². The summed E-state index contributed by atoms with van der Waals surface area (Å²) in [5.74, 6) is -1.29. The van der Waals surface area contributed by atoms with Gasteiger partial charge in [0.2, 0.25) is 0 Å². The first kappa shape index (κ1) is 38.0. The molecule has 4 aromatic rings. The molecule has 49 heavy (non-hydrogen) atoms. The molecule has 0 unspecified atom stereocenters. The van der Waals surface area contributed by atoms with Gasteiger partial charge in [-0.2, -0.15) is 0 Å². The van der Waals surface area contributed by atoms with Gasteiger partial charge in [-0.25, -0.2) is 50.6 Å². The lowest BCUT2D eigenvalue weighted by atomic mass is 10.1. The second kappa shape index (κ2) is 16.1. The third-order valence-corrected chi connectivity index (χ3v) is 8.13. The van der Waals surface area contributed by atoms with Crippen LogP contribution in [0.5, 0.6) is 0 Å². The van der Waals surface area contributed by atoms with Crippen LogP contribution >= 0.6 is 0 Å². The van der Waals surface area contributed by atoms with E-state index in [1.165, 1.54) is 46.6 Å². The zero-order valence-corrected chi connectivity index (χ0v) is 29.0. The maximum atomic E-state index is 11.8. The number of aromatic nitrogens is 6. The Hall–Kier alpha value is -5.49. The smallest absolute Gasteiger partial charge is 0.478 e. The van der Waals surface area contributed by atoms with Gasteiger partial charge in [-0.05, 0) is 67.3 Å². The molecule has 0 saturated carbocycles. The first-order valence-corrected chi connectivity index (χ1v) is 18.0. The molecule has 0 aliphatic heterocycles. The van der Waals surface area contributed by atoms with E-state index in [0.29, 0.717) is 17.0 Å². The van der Waals surface area contributed by atoms with Crippen molar-refractivity contribution in [1.82, 2.24) is 29.5 Å². The Morgan fingerprint density at radius 1 is 0.776 bits per heavy atom. The molecular weight excluding hydrogens is 681 g/mol. The molecule has 0 atom stereocenters. The van der Waals surface area contributed by atoms with Crippen molar-refractivity contribution < 1.29 is 45.8 Å². The van der Waals surface area contributed by atoms with Crippen molar-refractivity contribution in [3.05, 3.63) is 72.3 Å². The van der Waals surface area contributed by atoms with Crippen LogP contribution in [-0.4, -0.2) is 88.7 Å². The van der Waals surface area contributed by atoms with E-state index in [1.54, 1.807) is 38.1 Å². The predicted molar refractivity (Wildman–Crippen MR) is 177 cm³/mol. The molecule has 2 aromatic heterocycles. The predicted octanol–water partition coefficient (Wildman–Crippen LogP) is 3.68. The Morgan fingerprint density at radius 2 is 1.22 bits per heavy atom. The molecule has 2 aromatic carbocycles. The molecule has 0 fully saturated rings. The fourth-order valence-corrected chi connectivity index (χ4v) is 5.28. The van der Waals surface area contributed by atoms with Gasteiger partial charge in [0.05, 0.1) is 16.4 Å². The number of nitrogens with zero attached hydrogens (tertiary/aromatic N) is 6. The van der Waals surface area contributed by atoms with Crippen molar-refractivity contribution in [2.45, 2.75) is 37.5 Å². The fourth-order valence-electron chi connectivity index (χ4n) is 3.80. The molecule has 0 aliphatic rings. The second-order valence-electron chi connectivity index (χ2n) is 11.1. The van der Waals surface area contributed by atoms with Gasteiger partial charge >= 0.3 is 18.1 Å². The molecule has 0 amide bonds. The highest BCUT2D eigenvalue weighted by molar-refractivity contribution is 7.91. The Kier molecular flexibility index (Phi) is 12.5. The average molecular weight is 715 g/mol. The zero-order valence-electron chi connectivity index (χ0n) is 27.3. The summed E-state index contributed by atoms with van der Waals surface area (Å²) < 4.78 is 58.5. The van der Waals surface area contributed by atoms with Gasteiger partial charge in [-0.1, -0.05) is 13.8 Å². The van der Waals surface area contributed by atoms with Gasteiger partial charge in [0.1, 0.15) is 12.7 Å². The summed E-state index contributed by atoms with van der Waals surface area (Å²) in [4.78, 5) is 41.9. The van der Waals surface area contributed by atoms with Crippen molar-refractivity contribution in [3.63, 3.8) is 0 Å². The van der Waals surface area contributed by atoms with Crippen LogP contribution in [0.4, 0.5) is 4.79 Å². The molecule has 0 saturated heterocycles. The van der Waals surface area contributed by atoms with Crippen molar-refractivity contribution in [1.29, 1.82) is 0 Å². The Labute approximate surface area is 282 Å². The SMILES string of the molecule is Cc1cc(-c2ncn(/C=C\C(=O)O)n2)cc(S(C)(=O)=O)c1.Cc1cc(-c2ncn(/C=C\C(=O)OC(=O)OCC(C)C)n2)cc(S(C)(=O)=O)c1. The summed E-state index contributed by atoms with van der Waals surface area (Å²) in [6.07, 6.45) is 8.27. The fraction of sp³-hybridized carbons (Fsp3) is 0.258. The lowest BCUT2D eigenvalue weighted by Crippen LogP contribution is -2.14. The van der Waals surface area contributed by atoms with Crippen LogP contribution in [0, 0.1) is 19.8 Å². The molecule has 1 N–H and O–H groups in total. The maximum Gasteiger partial charge on any atom is 0.516 e. The minimum Gasteiger partial charge on any atom is -0.478 e. The van der Waals surface area contributed by atoms with Gasteiger partial charge in [-0.15, -0.1) is 10.2 Å².